The summed E-state index contributed by atoms with van der Waals surface area (Å²) >= 11 is 0.982. The highest BCUT2D eigenvalue weighted by molar-refractivity contribution is 7.89. The van der Waals surface area contributed by atoms with Crippen LogP contribution in [0.2, 0.25) is 0 Å². The summed E-state index contributed by atoms with van der Waals surface area (Å²) < 4.78 is 50.1. The molecule has 0 aliphatic carbocycles. The van der Waals surface area contributed by atoms with Crippen molar-refractivity contribution in [2.45, 2.75) is 23.8 Å². The molecule has 0 radical (unpaired) electrons. The van der Waals surface area contributed by atoms with Crippen molar-refractivity contribution in [3.05, 3.63) is 53.8 Å². The number of fused-ring (bicyclic) bond motifs is 1. The first-order valence-corrected chi connectivity index (χ1v) is 9.73. The van der Waals surface area contributed by atoms with E-state index in [1.165, 1.54) is 16.4 Å². The summed E-state index contributed by atoms with van der Waals surface area (Å²) in [5, 5.41) is 0. The van der Waals surface area contributed by atoms with Crippen molar-refractivity contribution in [3.63, 3.8) is 0 Å². The maximum Gasteiger partial charge on any atom is 0.245 e. The van der Waals surface area contributed by atoms with Crippen molar-refractivity contribution in [1.29, 1.82) is 0 Å². The van der Waals surface area contributed by atoms with Gasteiger partial charge in [-0.3, -0.25) is 0 Å². The number of sulfonamides is 1. The zero-order chi connectivity index (χ0) is 16.7. The van der Waals surface area contributed by atoms with Gasteiger partial charge in [0.15, 0.2) is 0 Å². The standard InChI is InChI=1S/C16H14FN3O2S2/c17-12-6-2-1-5-11(12)14-8-4-10-20(14)24(21,22)15-9-3-7-13-16(15)19-23-18-13/h1-3,5-7,9,14H,4,8,10H2/t14-/m0/s1. The van der Waals surface area contributed by atoms with Crippen LogP contribution in [0.5, 0.6) is 0 Å². The van der Waals surface area contributed by atoms with Gasteiger partial charge in [0.2, 0.25) is 10.0 Å². The Morgan fingerprint density at radius 1 is 1.12 bits per heavy atom. The molecule has 1 saturated heterocycles. The van der Waals surface area contributed by atoms with Crippen LogP contribution in [0.15, 0.2) is 47.4 Å². The first-order valence-electron chi connectivity index (χ1n) is 7.56. The Hall–Kier alpha value is -1.90. The van der Waals surface area contributed by atoms with Gasteiger partial charge in [0.1, 0.15) is 21.7 Å². The highest BCUT2D eigenvalue weighted by Gasteiger charge is 2.38. The lowest BCUT2D eigenvalue weighted by molar-refractivity contribution is 0.387. The van der Waals surface area contributed by atoms with Crippen LogP contribution in [0.25, 0.3) is 11.0 Å². The minimum Gasteiger partial charge on any atom is -0.207 e. The summed E-state index contributed by atoms with van der Waals surface area (Å²) in [6.07, 6.45) is 1.30. The molecule has 3 aromatic rings. The number of nitrogens with zero attached hydrogens (tertiary/aromatic N) is 3. The summed E-state index contributed by atoms with van der Waals surface area (Å²) in [4.78, 5) is 0.136. The second kappa shape index (κ2) is 5.87. The van der Waals surface area contributed by atoms with Crippen molar-refractivity contribution in [1.82, 2.24) is 13.1 Å². The molecule has 1 aromatic heterocycles. The highest BCUT2D eigenvalue weighted by Crippen LogP contribution is 2.38. The van der Waals surface area contributed by atoms with Crippen LogP contribution in [-0.4, -0.2) is 28.0 Å². The van der Waals surface area contributed by atoms with Gasteiger partial charge in [0.05, 0.1) is 17.8 Å². The number of rotatable bonds is 3. The van der Waals surface area contributed by atoms with Gasteiger partial charge in [-0.1, -0.05) is 24.3 Å². The molecule has 2 aromatic carbocycles. The van der Waals surface area contributed by atoms with E-state index in [-0.39, 0.29) is 10.7 Å². The van der Waals surface area contributed by atoms with E-state index in [9.17, 15) is 12.8 Å². The first kappa shape index (κ1) is 15.6. The Morgan fingerprint density at radius 2 is 1.96 bits per heavy atom. The summed E-state index contributed by atoms with van der Waals surface area (Å²) in [5.41, 5.74) is 1.35. The van der Waals surface area contributed by atoms with E-state index in [4.69, 9.17) is 0 Å². The molecule has 124 valence electrons. The minimum absolute atomic E-state index is 0.136. The van der Waals surface area contributed by atoms with Crippen molar-refractivity contribution < 1.29 is 12.8 Å². The molecule has 0 amide bonds. The molecular formula is C16H14FN3O2S2. The molecule has 4 rings (SSSR count). The van der Waals surface area contributed by atoms with Gasteiger partial charge in [-0.25, -0.2) is 12.8 Å². The molecule has 24 heavy (non-hydrogen) atoms. The van der Waals surface area contributed by atoms with Gasteiger partial charge in [0, 0.05) is 12.1 Å². The third kappa shape index (κ3) is 2.42. The summed E-state index contributed by atoms with van der Waals surface area (Å²) in [6, 6.07) is 10.8. The monoisotopic (exact) mass is 363 g/mol. The molecule has 0 N–H and O–H groups in total. The summed E-state index contributed by atoms with van der Waals surface area (Å²) in [6.45, 7) is 0.370. The molecule has 0 spiro atoms. The fourth-order valence-electron chi connectivity index (χ4n) is 3.20. The lowest BCUT2D eigenvalue weighted by atomic mass is 10.1. The number of benzene rings is 2. The van der Waals surface area contributed by atoms with Crippen molar-refractivity contribution in [3.8, 4) is 0 Å². The Labute approximate surface area is 143 Å². The number of halogens is 1. The first-order chi connectivity index (χ1) is 11.6. The van der Waals surface area contributed by atoms with Crippen LogP contribution in [0, 0.1) is 5.82 Å². The Morgan fingerprint density at radius 3 is 2.79 bits per heavy atom. The maximum atomic E-state index is 14.2. The van der Waals surface area contributed by atoms with Crippen LogP contribution < -0.4 is 0 Å². The van der Waals surface area contributed by atoms with Gasteiger partial charge in [-0.15, -0.1) is 0 Å². The van der Waals surface area contributed by atoms with Crippen LogP contribution in [-0.2, 0) is 10.0 Å². The van der Waals surface area contributed by atoms with E-state index in [2.05, 4.69) is 8.75 Å². The fourth-order valence-corrected chi connectivity index (χ4v) is 5.63. The highest BCUT2D eigenvalue weighted by atomic mass is 32.2. The smallest absolute Gasteiger partial charge is 0.207 e. The second-order valence-corrected chi connectivity index (χ2v) is 8.07. The lowest BCUT2D eigenvalue weighted by Crippen LogP contribution is -2.31. The Bertz CT molecular complexity index is 1000. The molecule has 5 nitrogen and oxygen atoms in total. The number of hydrogen-bond donors (Lipinski definition) is 0. The van der Waals surface area contributed by atoms with E-state index in [1.807, 2.05) is 0 Å². The normalized spacial score (nSPS) is 19.1. The van der Waals surface area contributed by atoms with Crippen LogP contribution in [0.4, 0.5) is 4.39 Å². The molecule has 0 saturated carbocycles. The van der Waals surface area contributed by atoms with Crippen molar-refractivity contribution >= 4 is 32.8 Å². The van der Waals surface area contributed by atoms with Gasteiger partial charge in [-0.2, -0.15) is 13.1 Å². The lowest BCUT2D eigenvalue weighted by Gasteiger charge is -2.24. The molecule has 1 aliphatic heterocycles. The molecule has 0 unspecified atom stereocenters. The van der Waals surface area contributed by atoms with Gasteiger partial charge < -0.3 is 0 Å². The van der Waals surface area contributed by atoms with E-state index in [0.29, 0.717) is 36.0 Å². The molecule has 2 heterocycles. The quantitative estimate of drug-likeness (QED) is 0.716. The van der Waals surface area contributed by atoms with E-state index in [1.54, 1.807) is 30.3 Å². The molecule has 8 heteroatoms. The van der Waals surface area contributed by atoms with Gasteiger partial charge in [0.25, 0.3) is 0 Å². The average Bonchev–Trinajstić information content (AvgIpc) is 3.24. The summed E-state index contributed by atoms with van der Waals surface area (Å²) in [5.74, 6) is -0.377. The SMILES string of the molecule is O=S(=O)(c1cccc2nsnc12)N1CCC[C@H]1c1ccccc1F. The molecule has 0 bridgehead atoms. The average molecular weight is 363 g/mol. The number of aromatic nitrogens is 2. The maximum absolute atomic E-state index is 14.2. The summed E-state index contributed by atoms with van der Waals surface area (Å²) in [7, 11) is -3.78. The van der Waals surface area contributed by atoms with Crippen LogP contribution in [0.3, 0.4) is 0 Å². The fraction of sp³-hybridized carbons (Fsp3) is 0.250. The van der Waals surface area contributed by atoms with E-state index in [0.717, 1.165) is 11.7 Å². The zero-order valence-electron chi connectivity index (χ0n) is 12.6. The van der Waals surface area contributed by atoms with E-state index < -0.39 is 16.1 Å². The van der Waals surface area contributed by atoms with Crippen molar-refractivity contribution in [2.75, 3.05) is 6.54 Å². The molecule has 1 aliphatic rings. The Kier molecular flexibility index (Phi) is 3.82. The van der Waals surface area contributed by atoms with Gasteiger partial charge in [-0.05, 0) is 31.0 Å². The topological polar surface area (TPSA) is 63.2 Å². The van der Waals surface area contributed by atoms with E-state index >= 15 is 0 Å². The van der Waals surface area contributed by atoms with Crippen molar-refractivity contribution in [2.24, 2.45) is 0 Å². The number of hydrogen-bond acceptors (Lipinski definition) is 5. The molecular weight excluding hydrogens is 349 g/mol. The predicted molar refractivity (Wildman–Crippen MR) is 89.7 cm³/mol. The zero-order valence-corrected chi connectivity index (χ0v) is 14.2. The third-order valence-electron chi connectivity index (χ3n) is 4.30. The van der Waals surface area contributed by atoms with Crippen LogP contribution >= 0.6 is 11.7 Å². The second-order valence-electron chi connectivity index (χ2n) is 5.68. The van der Waals surface area contributed by atoms with Crippen LogP contribution in [0.1, 0.15) is 24.4 Å². The van der Waals surface area contributed by atoms with Gasteiger partial charge >= 0.3 is 0 Å². The molecule has 1 atom stereocenters. The third-order valence-corrected chi connectivity index (χ3v) is 6.79. The minimum atomic E-state index is -3.78. The predicted octanol–water partition coefficient (Wildman–Crippen LogP) is 3.36. The largest absolute Gasteiger partial charge is 0.245 e. The molecule has 1 fully saturated rings. The Balaban J connectivity index is 1.82.